The lowest BCUT2D eigenvalue weighted by molar-refractivity contribution is -0.123. The third-order valence-electron chi connectivity index (χ3n) is 5.24. The Balaban J connectivity index is 1.35. The maximum Gasteiger partial charge on any atom is 0.227 e. The van der Waals surface area contributed by atoms with Gasteiger partial charge in [-0.25, -0.2) is 4.98 Å². The van der Waals surface area contributed by atoms with Gasteiger partial charge >= 0.3 is 0 Å². The van der Waals surface area contributed by atoms with Crippen LogP contribution in [0, 0.1) is 12.8 Å². The van der Waals surface area contributed by atoms with E-state index in [1.165, 1.54) is 0 Å². The first kappa shape index (κ1) is 16.8. The second-order valence-corrected chi connectivity index (χ2v) is 7.17. The molecule has 0 spiro atoms. The fourth-order valence-electron chi connectivity index (χ4n) is 3.76. The SMILES string of the molecule is Cc1nc2ccccc2n1CCCNC(=O)C(c1ccccc1)C1CC1. The third-order valence-corrected chi connectivity index (χ3v) is 5.24. The van der Waals surface area contributed by atoms with Crippen LogP contribution < -0.4 is 5.32 Å². The van der Waals surface area contributed by atoms with Gasteiger partial charge in [0.15, 0.2) is 0 Å². The number of fused-ring (bicyclic) bond motifs is 1. The van der Waals surface area contributed by atoms with E-state index in [4.69, 9.17) is 0 Å². The number of rotatable bonds is 7. The number of hydrogen-bond donors (Lipinski definition) is 1. The lowest BCUT2D eigenvalue weighted by Crippen LogP contribution is -2.31. The molecule has 4 heteroatoms. The smallest absolute Gasteiger partial charge is 0.227 e. The highest BCUT2D eigenvalue weighted by molar-refractivity contribution is 5.84. The minimum atomic E-state index is 0.00649. The molecular weight excluding hydrogens is 322 g/mol. The summed E-state index contributed by atoms with van der Waals surface area (Å²) in [5, 5.41) is 3.16. The molecular formula is C22H25N3O. The Kier molecular flexibility index (Phi) is 4.74. The zero-order valence-corrected chi connectivity index (χ0v) is 15.2. The summed E-state index contributed by atoms with van der Waals surface area (Å²) in [6.45, 7) is 3.60. The quantitative estimate of drug-likeness (QED) is 0.656. The Hall–Kier alpha value is -2.62. The lowest BCUT2D eigenvalue weighted by atomic mass is 9.93. The molecule has 1 aliphatic rings. The monoisotopic (exact) mass is 347 g/mol. The van der Waals surface area contributed by atoms with Crippen LogP contribution in [0.5, 0.6) is 0 Å². The van der Waals surface area contributed by atoms with Crippen molar-refractivity contribution in [1.29, 1.82) is 0 Å². The van der Waals surface area contributed by atoms with E-state index in [0.717, 1.165) is 48.2 Å². The van der Waals surface area contributed by atoms with Gasteiger partial charge in [0.25, 0.3) is 0 Å². The van der Waals surface area contributed by atoms with E-state index in [9.17, 15) is 4.79 Å². The molecule has 1 aromatic heterocycles. The van der Waals surface area contributed by atoms with Crippen LogP contribution in [0.3, 0.4) is 0 Å². The second-order valence-electron chi connectivity index (χ2n) is 7.17. The number of para-hydroxylation sites is 2. The number of nitrogens with one attached hydrogen (secondary N) is 1. The number of amides is 1. The van der Waals surface area contributed by atoms with Crippen molar-refractivity contribution in [3.05, 3.63) is 66.0 Å². The lowest BCUT2D eigenvalue weighted by Gasteiger charge is -2.17. The first-order valence-electron chi connectivity index (χ1n) is 9.48. The number of carbonyl (C=O) groups is 1. The topological polar surface area (TPSA) is 46.9 Å². The van der Waals surface area contributed by atoms with Crippen molar-refractivity contribution < 1.29 is 4.79 Å². The zero-order valence-electron chi connectivity index (χ0n) is 15.2. The van der Waals surface area contributed by atoms with Gasteiger partial charge in [0.2, 0.25) is 5.91 Å². The van der Waals surface area contributed by atoms with E-state index in [0.29, 0.717) is 12.5 Å². The highest BCUT2D eigenvalue weighted by Crippen LogP contribution is 2.42. The number of carbonyl (C=O) groups excluding carboxylic acids is 1. The Morgan fingerprint density at radius 1 is 1.15 bits per heavy atom. The molecule has 1 heterocycles. The molecule has 2 aromatic carbocycles. The average molecular weight is 347 g/mol. The summed E-state index contributed by atoms with van der Waals surface area (Å²) < 4.78 is 2.23. The van der Waals surface area contributed by atoms with Gasteiger partial charge in [0.05, 0.1) is 17.0 Å². The van der Waals surface area contributed by atoms with Crippen molar-refractivity contribution >= 4 is 16.9 Å². The van der Waals surface area contributed by atoms with E-state index in [-0.39, 0.29) is 11.8 Å². The molecule has 0 radical (unpaired) electrons. The molecule has 1 fully saturated rings. The Bertz CT molecular complexity index is 896. The number of aromatic nitrogens is 2. The maximum absolute atomic E-state index is 12.7. The standard InChI is InChI=1S/C22H25N3O/c1-16-24-19-10-5-6-11-20(19)25(16)15-7-14-23-22(26)21(18-12-13-18)17-8-3-2-4-9-17/h2-6,8-11,18,21H,7,12-15H2,1H3,(H,23,26). The van der Waals surface area contributed by atoms with E-state index in [1.807, 2.05) is 43.3 Å². The largest absolute Gasteiger partial charge is 0.355 e. The molecule has 26 heavy (non-hydrogen) atoms. The van der Waals surface area contributed by atoms with Crippen molar-refractivity contribution in [2.24, 2.45) is 5.92 Å². The maximum atomic E-state index is 12.7. The number of imidazole rings is 1. The van der Waals surface area contributed by atoms with Crippen molar-refractivity contribution in [1.82, 2.24) is 14.9 Å². The van der Waals surface area contributed by atoms with Crippen LogP contribution in [0.4, 0.5) is 0 Å². The molecule has 0 bridgehead atoms. The molecule has 0 saturated heterocycles. The van der Waals surface area contributed by atoms with Crippen LogP contribution in [-0.2, 0) is 11.3 Å². The van der Waals surface area contributed by atoms with Crippen LogP contribution in [0.1, 0.15) is 36.6 Å². The Morgan fingerprint density at radius 2 is 1.88 bits per heavy atom. The van der Waals surface area contributed by atoms with Gasteiger partial charge < -0.3 is 9.88 Å². The average Bonchev–Trinajstić information content (AvgIpc) is 3.43. The highest BCUT2D eigenvalue weighted by Gasteiger charge is 2.36. The molecule has 4 nitrogen and oxygen atoms in total. The molecule has 1 amide bonds. The number of benzene rings is 2. The van der Waals surface area contributed by atoms with Crippen molar-refractivity contribution in [3.8, 4) is 0 Å². The van der Waals surface area contributed by atoms with Gasteiger partial charge in [-0.2, -0.15) is 0 Å². The van der Waals surface area contributed by atoms with Gasteiger partial charge in [-0.3, -0.25) is 4.79 Å². The first-order valence-corrected chi connectivity index (χ1v) is 9.48. The number of aryl methyl sites for hydroxylation is 2. The van der Waals surface area contributed by atoms with Gasteiger partial charge in [-0.1, -0.05) is 42.5 Å². The van der Waals surface area contributed by atoms with Crippen molar-refractivity contribution in [3.63, 3.8) is 0 Å². The van der Waals surface area contributed by atoms with E-state index in [1.54, 1.807) is 0 Å². The molecule has 0 aliphatic heterocycles. The Labute approximate surface area is 154 Å². The minimum Gasteiger partial charge on any atom is -0.355 e. The normalized spacial score (nSPS) is 15.1. The van der Waals surface area contributed by atoms with Gasteiger partial charge in [0.1, 0.15) is 5.82 Å². The van der Waals surface area contributed by atoms with Crippen LogP contribution in [-0.4, -0.2) is 22.0 Å². The highest BCUT2D eigenvalue weighted by atomic mass is 16.1. The summed E-state index contributed by atoms with van der Waals surface area (Å²) in [4.78, 5) is 17.3. The number of hydrogen-bond acceptors (Lipinski definition) is 2. The van der Waals surface area contributed by atoms with E-state index >= 15 is 0 Å². The summed E-state index contributed by atoms with van der Waals surface area (Å²) in [5.41, 5.74) is 3.34. The summed E-state index contributed by atoms with van der Waals surface area (Å²) in [7, 11) is 0. The predicted molar refractivity (Wildman–Crippen MR) is 104 cm³/mol. The van der Waals surface area contributed by atoms with Gasteiger partial charge in [-0.15, -0.1) is 0 Å². The van der Waals surface area contributed by atoms with Gasteiger partial charge in [-0.05, 0) is 49.8 Å². The summed E-state index contributed by atoms with van der Waals surface area (Å²) in [5.74, 6) is 1.72. The van der Waals surface area contributed by atoms with E-state index in [2.05, 4.69) is 33.1 Å². The molecule has 134 valence electrons. The first-order chi connectivity index (χ1) is 12.7. The second kappa shape index (κ2) is 7.32. The summed E-state index contributed by atoms with van der Waals surface area (Å²) in [6.07, 6.45) is 3.22. The number of nitrogens with zero attached hydrogens (tertiary/aromatic N) is 2. The molecule has 4 rings (SSSR count). The predicted octanol–water partition coefficient (Wildman–Crippen LogP) is 4.04. The van der Waals surface area contributed by atoms with Crippen LogP contribution in [0.15, 0.2) is 54.6 Å². The van der Waals surface area contributed by atoms with Crippen LogP contribution in [0.25, 0.3) is 11.0 Å². The molecule has 1 N–H and O–H groups in total. The van der Waals surface area contributed by atoms with Gasteiger partial charge in [0, 0.05) is 13.1 Å². The fraction of sp³-hybridized carbons (Fsp3) is 0.364. The van der Waals surface area contributed by atoms with Crippen molar-refractivity contribution in [2.75, 3.05) is 6.54 Å². The third kappa shape index (κ3) is 3.50. The summed E-state index contributed by atoms with van der Waals surface area (Å²) >= 11 is 0. The van der Waals surface area contributed by atoms with Crippen LogP contribution in [0.2, 0.25) is 0 Å². The Morgan fingerprint density at radius 3 is 2.65 bits per heavy atom. The molecule has 1 aliphatic carbocycles. The molecule has 1 saturated carbocycles. The molecule has 1 atom stereocenters. The summed E-state index contributed by atoms with van der Waals surface area (Å²) in [6, 6.07) is 18.4. The zero-order chi connectivity index (χ0) is 17.9. The van der Waals surface area contributed by atoms with Crippen LogP contribution >= 0.6 is 0 Å². The van der Waals surface area contributed by atoms with Crippen molar-refractivity contribution in [2.45, 2.75) is 38.6 Å². The molecule has 3 aromatic rings. The van der Waals surface area contributed by atoms with E-state index < -0.39 is 0 Å². The molecule has 1 unspecified atom stereocenters. The fourth-order valence-corrected chi connectivity index (χ4v) is 3.76. The minimum absolute atomic E-state index is 0.00649.